The Morgan fingerprint density at radius 2 is 2.05 bits per heavy atom. The van der Waals surface area contributed by atoms with Crippen LogP contribution < -0.4 is 10.5 Å². The summed E-state index contributed by atoms with van der Waals surface area (Å²) in [6.07, 6.45) is 2.47. The van der Waals surface area contributed by atoms with Gasteiger partial charge in [-0.15, -0.1) is 0 Å². The summed E-state index contributed by atoms with van der Waals surface area (Å²) >= 11 is 12.0. The highest BCUT2D eigenvalue weighted by Crippen LogP contribution is 2.32. The summed E-state index contributed by atoms with van der Waals surface area (Å²) in [6.45, 7) is 0.824. The van der Waals surface area contributed by atoms with Crippen molar-refractivity contribution in [3.8, 4) is 5.75 Å². The molecule has 0 unspecified atom stereocenters. The van der Waals surface area contributed by atoms with Crippen LogP contribution in [0.15, 0.2) is 36.5 Å². The van der Waals surface area contributed by atoms with Gasteiger partial charge in [0.15, 0.2) is 0 Å². The van der Waals surface area contributed by atoms with Gasteiger partial charge >= 0.3 is 0 Å². The first-order chi connectivity index (χ1) is 9.20. The highest BCUT2D eigenvalue weighted by atomic mass is 35.5. The van der Waals surface area contributed by atoms with Gasteiger partial charge in [0.25, 0.3) is 0 Å². The van der Waals surface area contributed by atoms with Crippen LogP contribution in [-0.2, 0) is 13.0 Å². The van der Waals surface area contributed by atoms with Crippen molar-refractivity contribution >= 4 is 23.2 Å². The van der Waals surface area contributed by atoms with E-state index in [9.17, 15) is 0 Å². The smallest absolute Gasteiger partial charge is 0.142 e. The minimum atomic E-state index is 0.333. The maximum absolute atomic E-state index is 6.11. The Hall–Kier alpha value is -1.29. The summed E-state index contributed by atoms with van der Waals surface area (Å²) in [5, 5.41) is 1.04. The van der Waals surface area contributed by atoms with Crippen molar-refractivity contribution in [1.82, 2.24) is 4.98 Å². The van der Waals surface area contributed by atoms with Crippen LogP contribution in [0.4, 0.5) is 0 Å². The molecule has 0 saturated carbocycles. The summed E-state index contributed by atoms with van der Waals surface area (Å²) in [5.41, 5.74) is 7.44. The van der Waals surface area contributed by atoms with Gasteiger partial charge in [-0.1, -0.05) is 29.3 Å². The molecule has 0 aliphatic rings. The number of hydrogen-bond acceptors (Lipinski definition) is 3. The molecule has 0 aliphatic heterocycles. The number of hydrogen-bond donors (Lipinski definition) is 1. The van der Waals surface area contributed by atoms with Gasteiger partial charge in [0.05, 0.1) is 11.6 Å². The number of halogens is 2. The van der Waals surface area contributed by atoms with Gasteiger partial charge < -0.3 is 10.5 Å². The van der Waals surface area contributed by atoms with E-state index in [1.54, 1.807) is 18.3 Å². The Kier molecular flexibility index (Phi) is 5.02. The number of ether oxygens (including phenoxy) is 1. The van der Waals surface area contributed by atoms with Crippen molar-refractivity contribution in [3.05, 3.63) is 57.8 Å². The molecule has 2 N–H and O–H groups in total. The fourth-order valence-corrected chi connectivity index (χ4v) is 2.32. The van der Waals surface area contributed by atoms with E-state index < -0.39 is 0 Å². The summed E-state index contributed by atoms with van der Waals surface area (Å²) in [5.74, 6) is 0.601. The van der Waals surface area contributed by atoms with Crippen LogP contribution >= 0.6 is 23.2 Å². The van der Waals surface area contributed by atoms with Crippen molar-refractivity contribution < 1.29 is 4.74 Å². The number of nitrogens with zero attached hydrogens (tertiary/aromatic N) is 1. The zero-order valence-corrected chi connectivity index (χ0v) is 11.8. The second-order valence-corrected chi connectivity index (χ2v) is 4.84. The lowest BCUT2D eigenvalue weighted by Crippen LogP contribution is -2.07. The zero-order valence-electron chi connectivity index (χ0n) is 10.3. The van der Waals surface area contributed by atoms with Gasteiger partial charge in [0, 0.05) is 35.4 Å². The Labute approximate surface area is 122 Å². The molecule has 0 saturated heterocycles. The molecule has 0 radical (unpaired) electrons. The number of benzene rings is 1. The highest BCUT2D eigenvalue weighted by Gasteiger charge is 2.09. The fraction of sp³-hybridized carbons (Fsp3) is 0.214. The molecule has 1 aromatic carbocycles. The molecule has 1 heterocycles. The number of aromatic nitrogens is 1. The molecule has 3 nitrogen and oxygen atoms in total. The Morgan fingerprint density at radius 1 is 1.21 bits per heavy atom. The molecule has 0 amide bonds. The van der Waals surface area contributed by atoms with Crippen LogP contribution in [0.1, 0.15) is 11.3 Å². The lowest BCUT2D eigenvalue weighted by atomic mass is 10.2. The van der Waals surface area contributed by atoms with E-state index in [1.807, 2.05) is 18.2 Å². The first-order valence-electron chi connectivity index (χ1n) is 5.91. The van der Waals surface area contributed by atoms with Crippen molar-refractivity contribution in [2.24, 2.45) is 5.73 Å². The van der Waals surface area contributed by atoms with Gasteiger partial charge in [-0.3, -0.25) is 4.98 Å². The van der Waals surface area contributed by atoms with Gasteiger partial charge in [0.2, 0.25) is 0 Å². The summed E-state index contributed by atoms with van der Waals surface area (Å²) in [4.78, 5) is 4.23. The summed E-state index contributed by atoms with van der Waals surface area (Å²) in [6, 6.07) is 9.20. The molecule has 0 bridgehead atoms. The largest absolute Gasteiger partial charge is 0.491 e. The zero-order chi connectivity index (χ0) is 13.7. The third-order valence-electron chi connectivity index (χ3n) is 2.64. The molecule has 0 fully saturated rings. The third-order valence-corrected chi connectivity index (χ3v) is 3.13. The Morgan fingerprint density at radius 3 is 2.74 bits per heavy atom. The maximum atomic E-state index is 6.11. The van der Waals surface area contributed by atoms with Crippen molar-refractivity contribution in [1.29, 1.82) is 0 Å². The monoisotopic (exact) mass is 296 g/mol. The maximum Gasteiger partial charge on any atom is 0.142 e. The van der Waals surface area contributed by atoms with Crippen molar-refractivity contribution in [2.45, 2.75) is 13.0 Å². The normalized spacial score (nSPS) is 10.5. The third kappa shape index (κ3) is 3.83. The second kappa shape index (κ2) is 6.75. The fourth-order valence-electron chi connectivity index (χ4n) is 1.73. The minimum Gasteiger partial charge on any atom is -0.491 e. The molecule has 0 aliphatic carbocycles. The average Bonchev–Trinajstić information content (AvgIpc) is 2.42. The van der Waals surface area contributed by atoms with Gasteiger partial charge in [0.1, 0.15) is 5.75 Å². The van der Waals surface area contributed by atoms with Crippen LogP contribution in [0.5, 0.6) is 5.75 Å². The van der Waals surface area contributed by atoms with Crippen LogP contribution in [0, 0.1) is 0 Å². The van der Waals surface area contributed by atoms with E-state index >= 15 is 0 Å². The van der Waals surface area contributed by atoms with E-state index in [-0.39, 0.29) is 0 Å². The van der Waals surface area contributed by atoms with Crippen LogP contribution in [0.3, 0.4) is 0 Å². The number of rotatable bonds is 5. The van der Waals surface area contributed by atoms with Gasteiger partial charge in [-0.25, -0.2) is 0 Å². The molecule has 1 aromatic heterocycles. The molecular weight excluding hydrogens is 283 g/mol. The highest BCUT2D eigenvalue weighted by molar-refractivity contribution is 6.35. The standard InChI is InChI=1S/C14H14Cl2N2O/c15-11-7-10(9-17)14(13(16)8-11)19-6-4-12-3-1-2-5-18-12/h1-3,5,7-8H,4,6,9,17H2. The number of nitrogens with two attached hydrogens (primary N) is 1. The lowest BCUT2D eigenvalue weighted by Gasteiger charge is -2.12. The van der Waals surface area contributed by atoms with E-state index in [1.165, 1.54) is 0 Å². The van der Waals surface area contributed by atoms with Crippen LogP contribution in [-0.4, -0.2) is 11.6 Å². The summed E-state index contributed by atoms with van der Waals surface area (Å²) in [7, 11) is 0. The van der Waals surface area contributed by atoms with E-state index in [2.05, 4.69) is 4.98 Å². The Bertz CT molecular complexity index is 547. The number of pyridine rings is 1. The molecule has 2 rings (SSSR count). The molecule has 2 aromatic rings. The first-order valence-corrected chi connectivity index (χ1v) is 6.67. The molecule has 0 atom stereocenters. The molecule has 0 spiro atoms. The van der Waals surface area contributed by atoms with E-state index in [4.69, 9.17) is 33.7 Å². The van der Waals surface area contributed by atoms with Gasteiger partial charge in [-0.2, -0.15) is 0 Å². The topological polar surface area (TPSA) is 48.1 Å². The lowest BCUT2D eigenvalue weighted by molar-refractivity contribution is 0.317. The van der Waals surface area contributed by atoms with Crippen LogP contribution in [0.25, 0.3) is 0 Å². The summed E-state index contributed by atoms with van der Waals surface area (Å²) < 4.78 is 5.71. The minimum absolute atomic E-state index is 0.333. The first kappa shape index (κ1) is 14.1. The molecule has 100 valence electrons. The molecular formula is C14H14Cl2N2O. The van der Waals surface area contributed by atoms with Crippen molar-refractivity contribution in [2.75, 3.05) is 6.61 Å². The Balaban J connectivity index is 2.03. The quantitative estimate of drug-likeness (QED) is 0.919. The molecule has 19 heavy (non-hydrogen) atoms. The second-order valence-electron chi connectivity index (χ2n) is 4.00. The van der Waals surface area contributed by atoms with Gasteiger partial charge in [-0.05, 0) is 24.3 Å². The van der Waals surface area contributed by atoms with E-state index in [0.717, 1.165) is 11.3 Å². The predicted octanol–water partition coefficient (Wildman–Crippen LogP) is 3.47. The predicted molar refractivity (Wildman–Crippen MR) is 77.8 cm³/mol. The van der Waals surface area contributed by atoms with Crippen LogP contribution in [0.2, 0.25) is 10.0 Å². The molecule has 5 heteroatoms. The van der Waals surface area contributed by atoms with Crippen molar-refractivity contribution in [3.63, 3.8) is 0 Å². The van der Waals surface area contributed by atoms with E-state index in [0.29, 0.717) is 35.4 Å². The SMILES string of the molecule is NCc1cc(Cl)cc(Cl)c1OCCc1ccccn1. The average molecular weight is 297 g/mol.